The van der Waals surface area contributed by atoms with Crippen LogP contribution in [0.15, 0.2) is 40.9 Å². The first-order chi connectivity index (χ1) is 12.1. The van der Waals surface area contributed by atoms with Gasteiger partial charge < -0.3 is 14.6 Å². The number of aromatic nitrogens is 1. The zero-order valence-electron chi connectivity index (χ0n) is 14.3. The first-order valence-corrected chi connectivity index (χ1v) is 8.48. The van der Waals surface area contributed by atoms with E-state index in [0.29, 0.717) is 12.3 Å². The van der Waals surface area contributed by atoms with E-state index in [9.17, 15) is 4.79 Å². The third-order valence-corrected chi connectivity index (χ3v) is 4.61. The van der Waals surface area contributed by atoms with Gasteiger partial charge in [0, 0.05) is 17.4 Å². The summed E-state index contributed by atoms with van der Waals surface area (Å²) < 4.78 is 11.1. The molecule has 1 atom stereocenters. The van der Waals surface area contributed by atoms with Crippen molar-refractivity contribution in [3.05, 3.63) is 58.8 Å². The molecule has 0 bridgehead atoms. The molecule has 1 amide bonds. The standard InChI is InChI=1S/C20H20N2O3/c1-12-9-13(2)20-16(22-25-18(20)10-12)11-19(23)21-15-7-8-24-17-6-4-3-5-14(15)17/h3-6,9-10,15H,7-8,11H2,1-2H3,(H,21,23). The summed E-state index contributed by atoms with van der Waals surface area (Å²) in [7, 11) is 0. The van der Waals surface area contributed by atoms with Crippen LogP contribution < -0.4 is 10.1 Å². The Kier molecular flexibility index (Phi) is 3.92. The van der Waals surface area contributed by atoms with Gasteiger partial charge in [-0.1, -0.05) is 29.4 Å². The number of carbonyl (C=O) groups excluding carboxylic acids is 1. The van der Waals surface area contributed by atoms with Crippen molar-refractivity contribution in [2.45, 2.75) is 32.7 Å². The van der Waals surface area contributed by atoms with Gasteiger partial charge in [-0.2, -0.15) is 0 Å². The lowest BCUT2D eigenvalue weighted by molar-refractivity contribution is -0.121. The molecule has 5 nitrogen and oxygen atoms in total. The van der Waals surface area contributed by atoms with Crippen LogP contribution in [0.25, 0.3) is 11.0 Å². The highest BCUT2D eigenvalue weighted by Crippen LogP contribution is 2.31. The van der Waals surface area contributed by atoms with E-state index in [1.165, 1.54) is 0 Å². The first-order valence-electron chi connectivity index (χ1n) is 8.48. The third kappa shape index (κ3) is 2.97. The van der Waals surface area contributed by atoms with Gasteiger partial charge in [0.15, 0.2) is 5.58 Å². The second-order valence-corrected chi connectivity index (χ2v) is 6.56. The zero-order valence-corrected chi connectivity index (χ0v) is 14.3. The largest absolute Gasteiger partial charge is 0.493 e. The van der Waals surface area contributed by atoms with Crippen molar-refractivity contribution in [1.82, 2.24) is 10.5 Å². The minimum absolute atomic E-state index is 0.0287. The number of rotatable bonds is 3. The predicted molar refractivity (Wildman–Crippen MR) is 94.6 cm³/mol. The van der Waals surface area contributed by atoms with E-state index in [-0.39, 0.29) is 18.4 Å². The number of benzene rings is 2. The van der Waals surface area contributed by atoms with E-state index in [2.05, 4.69) is 16.5 Å². The summed E-state index contributed by atoms with van der Waals surface area (Å²) in [6.45, 7) is 4.64. The van der Waals surface area contributed by atoms with Crippen LogP contribution in [0.2, 0.25) is 0 Å². The Labute approximate surface area is 146 Å². The van der Waals surface area contributed by atoms with Gasteiger partial charge in [-0.25, -0.2) is 0 Å². The minimum atomic E-state index is -0.0584. The van der Waals surface area contributed by atoms with E-state index in [1.54, 1.807) is 0 Å². The summed E-state index contributed by atoms with van der Waals surface area (Å²) in [6.07, 6.45) is 0.969. The lowest BCUT2D eigenvalue weighted by atomic mass is 10.00. The summed E-state index contributed by atoms with van der Waals surface area (Å²) >= 11 is 0. The van der Waals surface area contributed by atoms with E-state index in [0.717, 1.165) is 39.8 Å². The summed E-state index contributed by atoms with van der Waals surface area (Å²) in [5.74, 6) is 0.786. The lowest BCUT2D eigenvalue weighted by Gasteiger charge is -2.26. The second kappa shape index (κ2) is 6.24. The lowest BCUT2D eigenvalue weighted by Crippen LogP contribution is -2.33. The quantitative estimate of drug-likeness (QED) is 0.793. The van der Waals surface area contributed by atoms with Gasteiger partial charge in [-0.15, -0.1) is 0 Å². The maximum absolute atomic E-state index is 12.6. The molecule has 0 aliphatic carbocycles. The molecule has 1 aliphatic heterocycles. The number of ether oxygens (including phenoxy) is 1. The molecule has 1 N–H and O–H groups in total. The van der Waals surface area contributed by atoms with Crippen LogP contribution in [-0.2, 0) is 11.2 Å². The van der Waals surface area contributed by atoms with E-state index in [1.807, 2.05) is 44.2 Å². The highest BCUT2D eigenvalue weighted by molar-refractivity contribution is 5.88. The van der Waals surface area contributed by atoms with E-state index >= 15 is 0 Å². The molecule has 1 unspecified atom stereocenters. The van der Waals surface area contributed by atoms with Crippen LogP contribution in [0.1, 0.15) is 34.8 Å². The summed E-state index contributed by atoms with van der Waals surface area (Å²) in [5, 5.41) is 8.16. The van der Waals surface area contributed by atoms with E-state index < -0.39 is 0 Å². The maximum Gasteiger partial charge on any atom is 0.226 e. The van der Waals surface area contributed by atoms with Crippen LogP contribution in [0, 0.1) is 13.8 Å². The van der Waals surface area contributed by atoms with Crippen LogP contribution in [-0.4, -0.2) is 17.7 Å². The molecule has 5 heteroatoms. The Morgan fingerprint density at radius 1 is 1.28 bits per heavy atom. The fraction of sp³-hybridized carbons (Fsp3) is 0.300. The van der Waals surface area contributed by atoms with Crippen molar-refractivity contribution >= 4 is 16.9 Å². The Hall–Kier alpha value is -2.82. The number of fused-ring (bicyclic) bond motifs is 2. The summed E-state index contributed by atoms with van der Waals surface area (Å²) in [4.78, 5) is 12.6. The first kappa shape index (κ1) is 15.7. The molecule has 4 rings (SSSR count). The summed E-state index contributed by atoms with van der Waals surface area (Å²) in [5.41, 5.74) is 4.65. The fourth-order valence-corrected chi connectivity index (χ4v) is 3.53. The predicted octanol–water partition coefficient (Wildman–Crippen LogP) is 3.63. The maximum atomic E-state index is 12.6. The Bertz CT molecular complexity index is 945. The van der Waals surface area contributed by atoms with Gasteiger partial charge in [-0.05, 0) is 37.1 Å². The zero-order chi connectivity index (χ0) is 17.4. The number of amides is 1. The van der Waals surface area contributed by atoms with Crippen molar-refractivity contribution in [3.63, 3.8) is 0 Å². The van der Waals surface area contributed by atoms with Gasteiger partial charge in [-0.3, -0.25) is 4.79 Å². The molecule has 0 fully saturated rings. The second-order valence-electron chi connectivity index (χ2n) is 6.56. The number of carbonyl (C=O) groups is 1. The molecular weight excluding hydrogens is 316 g/mol. The number of aryl methyl sites for hydroxylation is 2. The van der Waals surface area contributed by atoms with Crippen molar-refractivity contribution in [1.29, 1.82) is 0 Å². The van der Waals surface area contributed by atoms with Gasteiger partial charge in [0.05, 0.1) is 19.1 Å². The number of hydrogen-bond donors (Lipinski definition) is 1. The van der Waals surface area contributed by atoms with Crippen molar-refractivity contribution in [2.24, 2.45) is 0 Å². The molecule has 0 spiro atoms. The van der Waals surface area contributed by atoms with Gasteiger partial charge in [0.2, 0.25) is 5.91 Å². The molecular formula is C20H20N2O3. The molecule has 1 aliphatic rings. The van der Waals surface area contributed by atoms with Gasteiger partial charge in [0.1, 0.15) is 11.4 Å². The van der Waals surface area contributed by atoms with Crippen LogP contribution in [0.5, 0.6) is 5.75 Å². The highest BCUT2D eigenvalue weighted by Gasteiger charge is 2.23. The number of para-hydroxylation sites is 1. The average Bonchev–Trinajstić information content (AvgIpc) is 2.98. The van der Waals surface area contributed by atoms with Gasteiger partial charge in [0.25, 0.3) is 0 Å². The molecule has 0 saturated heterocycles. The summed E-state index contributed by atoms with van der Waals surface area (Å²) in [6, 6.07) is 11.8. The molecule has 128 valence electrons. The van der Waals surface area contributed by atoms with E-state index in [4.69, 9.17) is 9.26 Å². The molecule has 2 aromatic carbocycles. The average molecular weight is 336 g/mol. The monoisotopic (exact) mass is 336 g/mol. The molecule has 2 heterocycles. The van der Waals surface area contributed by atoms with Crippen molar-refractivity contribution < 1.29 is 14.1 Å². The fourth-order valence-electron chi connectivity index (χ4n) is 3.53. The molecule has 0 saturated carbocycles. The Morgan fingerprint density at radius 2 is 2.12 bits per heavy atom. The van der Waals surface area contributed by atoms with Crippen LogP contribution >= 0.6 is 0 Å². The third-order valence-electron chi connectivity index (χ3n) is 4.61. The molecule has 3 aromatic rings. The number of nitrogens with one attached hydrogen (secondary N) is 1. The Morgan fingerprint density at radius 3 is 3.00 bits per heavy atom. The topological polar surface area (TPSA) is 64.4 Å². The molecule has 25 heavy (non-hydrogen) atoms. The number of nitrogens with zero attached hydrogens (tertiary/aromatic N) is 1. The molecule has 1 aromatic heterocycles. The van der Waals surface area contributed by atoms with Gasteiger partial charge >= 0.3 is 0 Å². The molecule has 0 radical (unpaired) electrons. The highest BCUT2D eigenvalue weighted by atomic mass is 16.5. The number of hydrogen-bond acceptors (Lipinski definition) is 4. The van der Waals surface area contributed by atoms with Crippen molar-refractivity contribution in [2.75, 3.05) is 6.61 Å². The Balaban J connectivity index is 1.54. The SMILES string of the molecule is Cc1cc(C)c2c(CC(=O)NC3CCOc4ccccc43)noc2c1. The smallest absolute Gasteiger partial charge is 0.226 e. The van der Waals surface area contributed by atoms with Crippen molar-refractivity contribution in [3.8, 4) is 5.75 Å². The van der Waals surface area contributed by atoms with Crippen LogP contribution in [0.3, 0.4) is 0 Å². The minimum Gasteiger partial charge on any atom is -0.493 e. The van der Waals surface area contributed by atoms with Crippen LogP contribution in [0.4, 0.5) is 0 Å². The normalized spacial score (nSPS) is 16.3.